The van der Waals surface area contributed by atoms with Gasteiger partial charge in [-0.05, 0) is 65.7 Å². The van der Waals surface area contributed by atoms with Gasteiger partial charge in [0, 0.05) is 27.1 Å². The van der Waals surface area contributed by atoms with E-state index in [2.05, 4.69) is 45.0 Å². The molecule has 25 heavy (non-hydrogen) atoms. The molecule has 2 aliphatic heterocycles. The number of amides is 1. The number of anilines is 1. The van der Waals surface area contributed by atoms with Crippen molar-refractivity contribution in [1.29, 1.82) is 0 Å². The SMILES string of the molecule is CCN1CCc2c(sc3c2C(=O)N[C@@H](c2cc(I)cc(C)c2O)N3)C1. The summed E-state index contributed by atoms with van der Waals surface area (Å²) in [4.78, 5) is 16.5. The van der Waals surface area contributed by atoms with Crippen molar-refractivity contribution in [1.82, 2.24) is 10.2 Å². The van der Waals surface area contributed by atoms with Crippen molar-refractivity contribution >= 4 is 44.8 Å². The number of phenolic OH excluding ortho intramolecular Hbond substituents is 1. The zero-order valence-electron chi connectivity index (χ0n) is 14.1. The van der Waals surface area contributed by atoms with Crippen LogP contribution in [0.2, 0.25) is 0 Å². The smallest absolute Gasteiger partial charge is 0.256 e. The van der Waals surface area contributed by atoms with E-state index in [1.54, 1.807) is 11.3 Å². The molecule has 0 saturated carbocycles. The highest BCUT2D eigenvalue weighted by molar-refractivity contribution is 14.1. The normalized spacial score (nSPS) is 19.8. The number of aryl methyl sites for hydroxylation is 1. The van der Waals surface area contributed by atoms with Gasteiger partial charge in [-0.15, -0.1) is 11.3 Å². The van der Waals surface area contributed by atoms with Crippen molar-refractivity contribution in [3.63, 3.8) is 0 Å². The van der Waals surface area contributed by atoms with Gasteiger partial charge >= 0.3 is 0 Å². The van der Waals surface area contributed by atoms with Gasteiger partial charge in [-0.1, -0.05) is 6.92 Å². The van der Waals surface area contributed by atoms with E-state index >= 15 is 0 Å². The average Bonchev–Trinajstić information content (AvgIpc) is 2.95. The number of phenols is 1. The van der Waals surface area contributed by atoms with Gasteiger partial charge in [0.05, 0.1) is 5.56 Å². The molecule has 1 aromatic carbocycles. The van der Waals surface area contributed by atoms with Gasteiger partial charge in [-0.3, -0.25) is 9.69 Å². The molecule has 2 aromatic rings. The van der Waals surface area contributed by atoms with Crippen molar-refractivity contribution in [2.45, 2.75) is 33.0 Å². The lowest BCUT2D eigenvalue weighted by atomic mass is 9.99. The fourth-order valence-corrected chi connectivity index (χ4v) is 5.69. The number of carbonyl (C=O) groups is 1. The van der Waals surface area contributed by atoms with Gasteiger partial charge in [0.1, 0.15) is 16.9 Å². The molecule has 1 aromatic heterocycles. The van der Waals surface area contributed by atoms with Crippen molar-refractivity contribution < 1.29 is 9.90 Å². The highest BCUT2D eigenvalue weighted by Crippen LogP contribution is 2.42. The summed E-state index contributed by atoms with van der Waals surface area (Å²) in [7, 11) is 0. The summed E-state index contributed by atoms with van der Waals surface area (Å²) in [6.07, 6.45) is 0.512. The molecule has 0 bridgehead atoms. The number of hydrogen-bond acceptors (Lipinski definition) is 5. The molecule has 1 atom stereocenters. The third kappa shape index (κ3) is 2.92. The number of halogens is 1. The molecule has 1 amide bonds. The molecular weight excluding hydrogens is 449 g/mol. The van der Waals surface area contributed by atoms with Gasteiger partial charge in [0.25, 0.3) is 5.91 Å². The lowest BCUT2D eigenvalue weighted by molar-refractivity contribution is 0.0934. The number of fused-ring (bicyclic) bond motifs is 3. The third-order valence-corrected chi connectivity index (χ3v) is 6.74. The first-order valence-corrected chi connectivity index (χ1v) is 10.3. The van der Waals surface area contributed by atoms with E-state index in [0.29, 0.717) is 5.56 Å². The Balaban J connectivity index is 1.71. The molecule has 0 spiro atoms. The van der Waals surface area contributed by atoms with Crippen LogP contribution < -0.4 is 10.6 Å². The quantitative estimate of drug-likeness (QED) is 0.589. The Bertz CT molecular complexity index is 864. The van der Waals surface area contributed by atoms with E-state index in [9.17, 15) is 9.90 Å². The molecular formula is C18H20IN3O2S. The molecule has 132 valence electrons. The van der Waals surface area contributed by atoms with E-state index in [1.807, 2.05) is 19.1 Å². The van der Waals surface area contributed by atoms with Crippen LogP contribution in [0, 0.1) is 10.5 Å². The molecule has 0 radical (unpaired) electrons. The van der Waals surface area contributed by atoms with Crippen LogP contribution in [-0.4, -0.2) is 29.0 Å². The number of benzene rings is 1. The minimum Gasteiger partial charge on any atom is -0.507 e. The van der Waals surface area contributed by atoms with Gasteiger partial charge in [-0.25, -0.2) is 0 Å². The van der Waals surface area contributed by atoms with Crippen LogP contribution in [0.4, 0.5) is 5.00 Å². The number of likely N-dealkylation sites (N-methyl/N-ethyl adjacent to an activating group) is 1. The van der Waals surface area contributed by atoms with Gasteiger partial charge < -0.3 is 15.7 Å². The molecule has 0 unspecified atom stereocenters. The van der Waals surface area contributed by atoms with E-state index in [4.69, 9.17) is 0 Å². The lowest BCUT2D eigenvalue weighted by Gasteiger charge is -2.28. The van der Waals surface area contributed by atoms with Crippen molar-refractivity contribution in [3.8, 4) is 5.75 Å². The lowest BCUT2D eigenvalue weighted by Crippen LogP contribution is -2.39. The van der Waals surface area contributed by atoms with Crippen LogP contribution in [0.5, 0.6) is 5.75 Å². The Labute approximate surface area is 164 Å². The molecule has 0 aliphatic carbocycles. The summed E-state index contributed by atoms with van der Waals surface area (Å²) in [5.41, 5.74) is 3.52. The minimum atomic E-state index is -0.407. The fraction of sp³-hybridized carbons (Fsp3) is 0.389. The second kappa shape index (κ2) is 6.44. The van der Waals surface area contributed by atoms with E-state index < -0.39 is 6.17 Å². The molecule has 3 N–H and O–H groups in total. The molecule has 3 heterocycles. The number of carbonyl (C=O) groups excluding carboxylic acids is 1. The third-order valence-electron chi connectivity index (χ3n) is 4.97. The van der Waals surface area contributed by atoms with Crippen molar-refractivity contribution in [2.24, 2.45) is 0 Å². The Kier molecular flexibility index (Phi) is 4.41. The topological polar surface area (TPSA) is 64.6 Å². The minimum absolute atomic E-state index is 0.0443. The van der Waals surface area contributed by atoms with Gasteiger partial charge in [-0.2, -0.15) is 0 Å². The predicted octanol–water partition coefficient (Wildman–Crippen LogP) is 3.60. The molecule has 0 fully saturated rings. The average molecular weight is 469 g/mol. The van der Waals surface area contributed by atoms with E-state index in [0.717, 1.165) is 45.8 Å². The van der Waals surface area contributed by atoms with Crippen LogP contribution >= 0.6 is 33.9 Å². The van der Waals surface area contributed by atoms with E-state index in [1.165, 1.54) is 10.4 Å². The van der Waals surface area contributed by atoms with Crippen LogP contribution in [0.3, 0.4) is 0 Å². The standard InChI is InChI=1S/C18H20IN3O2S/c1-3-22-5-4-11-13(8-22)25-18-14(11)17(24)20-16(21-18)12-7-10(19)6-9(2)15(12)23/h6-7,16,21,23H,3-5,8H2,1-2H3,(H,20,24)/t16-/m1/s1. The zero-order valence-corrected chi connectivity index (χ0v) is 17.1. The Hall–Kier alpha value is -1.32. The summed E-state index contributed by atoms with van der Waals surface area (Å²) < 4.78 is 1.04. The first kappa shape index (κ1) is 17.1. The number of thiophene rings is 1. The largest absolute Gasteiger partial charge is 0.507 e. The fourth-order valence-electron chi connectivity index (χ4n) is 3.58. The molecule has 2 aliphatic rings. The predicted molar refractivity (Wildman–Crippen MR) is 108 cm³/mol. The summed E-state index contributed by atoms with van der Waals surface area (Å²) >= 11 is 3.91. The maximum Gasteiger partial charge on any atom is 0.256 e. The molecule has 5 nitrogen and oxygen atoms in total. The van der Waals surface area contributed by atoms with Crippen molar-refractivity contribution in [2.75, 3.05) is 18.4 Å². The molecule has 7 heteroatoms. The Morgan fingerprint density at radius 3 is 2.96 bits per heavy atom. The number of nitrogens with one attached hydrogen (secondary N) is 2. The molecule has 0 saturated heterocycles. The first-order valence-electron chi connectivity index (χ1n) is 8.41. The summed E-state index contributed by atoms with van der Waals surface area (Å²) in [6.45, 7) is 6.98. The highest BCUT2D eigenvalue weighted by atomic mass is 127. The number of nitrogens with zero attached hydrogens (tertiary/aromatic N) is 1. The zero-order chi connectivity index (χ0) is 17.7. The summed E-state index contributed by atoms with van der Waals surface area (Å²) in [6, 6.07) is 3.84. The van der Waals surface area contributed by atoms with Crippen LogP contribution in [0.25, 0.3) is 0 Å². The monoisotopic (exact) mass is 469 g/mol. The van der Waals surface area contributed by atoms with Crippen LogP contribution in [0.15, 0.2) is 12.1 Å². The number of aromatic hydroxyl groups is 1. The molecule has 4 rings (SSSR count). The van der Waals surface area contributed by atoms with Gasteiger partial charge in [0.15, 0.2) is 0 Å². The Morgan fingerprint density at radius 1 is 1.40 bits per heavy atom. The summed E-state index contributed by atoms with van der Waals surface area (Å²) in [5.74, 6) is 0.192. The van der Waals surface area contributed by atoms with Crippen LogP contribution in [0.1, 0.15) is 45.0 Å². The van der Waals surface area contributed by atoms with Crippen molar-refractivity contribution in [3.05, 3.63) is 42.8 Å². The number of rotatable bonds is 2. The van der Waals surface area contributed by atoms with E-state index in [-0.39, 0.29) is 11.7 Å². The first-order chi connectivity index (χ1) is 12.0. The Morgan fingerprint density at radius 2 is 2.20 bits per heavy atom. The van der Waals surface area contributed by atoms with Gasteiger partial charge in [0.2, 0.25) is 0 Å². The summed E-state index contributed by atoms with van der Waals surface area (Å²) in [5, 5.41) is 17.8. The maximum atomic E-state index is 12.8. The number of hydrogen-bond donors (Lipinski definition) is 3. The second-order valence-corrected chi connectivity index (χ2v) is 8.89. The second-order valence-electron chi connectivity index (χ2n) is 6.54. The maximum absolute atomic E-state index is 12.8. The van der Waals surface area contributed by atoms with Crippen LogP contribution in [-0.2, 0) is 13.0 Å². The highest BCUT2D eigenvalue weighted by Gasteiger charge is 2.34.